The second kappa shape index (κ2) is 4.80. The molecule has 0 saturated heterocycles. The Kier molecular flexibility index (Phi) is 2.98. The Bertz CT molecular complexity index is 688. The molecule has 0 aromatic heterocycles. The molecule has 1 amide bonds. The lowest BCUT2D eigenvalue weighted by Crippen LogP contribution is -2.13. The highest BCUT2D eigenvalue weighted by Gasteiger charge is 2.17. The number of anilines is 1. The van der Waals surface area contributed by atoms with Gasteiger partial charge in [0.05, 0.1) is 5.69 Å². The summed E-state index contributed by atoms with van der Waals surface area (Å²) in [4.78, 5) is 12.0. The molecule has 1 N–H and O–H groups in total. The van der Waals surface area contributed by atoms with Crippen LogP contribution >= 0.6 is 0 Å². The molecule has 6 heteroatoms. The van der Waals surface area contributed by atoms with E-state index in [0.29, 0.717) is 11.5 Å². The molecule has 102 valence electrons. The Labute approximate surface area is 112 Å². The number of carbonyl (C=O) groups is 1. The minimum absolute atomic E-state index is 0.0962. The van der Waals surface area contributed by atoms with Gasteiger partial charge in [0.2, 0.25) is 6.79 Å². The van der Waals surface area contributed by atoms with E-state index in [-0.39, 0.29) is 18.0 Å². The predicted molar refractivity (Wildman–Crippen MR) is 66.9 cm³/mol. The maximum absolute atomic E-state index is 13.5. The summed E-state index contributed by atoms with van der Waals surface area (Å²) >= 11 is 0. The fraction of sp³-hybridized carbons (Fsp3) is 0.0714. The minimum Gasteiger partial charge on any atom is -0.454 e. The van der Waals surface area contributed by atoms with E-state index in [2.05, 4.69) is 5.32 Å². The van der Waals surface area contributed by atoms with Gasteiger partial charge in [0.15, 0.2) is 23.1 Å². The Balaban J connectivity index is 1.84. The average Bonchev–Trinajstić information content (AvgIpc) is 2.91. The number of ether oxygens (including phenoxy) is 2. The highest BCUT2D eigenvalue weighted by Crippen LogP contribution is 2.32. The van der Waals surface area contributed by atoms with Gasteiger partial charge >= 0.3 is 0 Å². The van der Waals surface area contributed by atoms with Gasteiger partial charge in [-0.3, -0.25) is 4.79 Å². The van der Waals surface area contributed by atoms with Crippen molar-refractivity contribution in [2.45, 2.75) is 0 Å². The van der Waals surface area contributed by atoms with Crippen LogP contribution in [-0.2, 0) is 0 Å². The van der Waals surface area contributed by atoms with E-state index in [0.717, 1.165) is 6.07 Å². The van der Waals surface area contributed by atoms with Crippen molar-refractivity contribution in [3.8, 4) is 11.5 Å². The number of rotatable bonds is 2. The van der Waals surface area contributed by atoms with Crippen molar-refractivity contribution in [2.24, 2.45) is 0 Å². The monoisotopic (exact) mass is 277 g/mol. The first-order valence-electron chi connectivity index (χ1n) is 5.80. The summed E-state index contributed by atoms with van der Waals surface area (Å²) in [5.74, 6) is -1.70. The van der Waals surface area contributed by atoms with Gasteiger partial charge in [-0.25, -0.2) is 8.78 Å². The number of halogens is 2. The summed E-state index contributed by atoms with van der Waals surface area (Å²) in [6.45, 7) is 0.0962. The summed E-state index contributed by atoms with van der Waals surface area (Å²) in [6, 6.07) is 8.15. The average molecular weight is 277 g/mol. The molecule has 0 bridgehead atoms. The van der Waals surface area contributed by atoms with E-state index in [1.807, 2.05) is 0 Å². The first-order chi connectivity index (χ1) is 9.65. The van der Waals surface area contributed by atoms with Gasteiger partial charge in [0, 0.05) is 5.56 Å². The van der Waals surface area contributed by atoms with Gasteiger partial charge in [-0.1, -0.05) is 6.07 Å². The summed E-state index contributed by atoms with van der Waals surface area (Å²) in [5.41, 5.74) is 0.0468. The number of nitrogens with one attached hydrogen (secondary N) is 1. The lowest BCUT2D eigenvalue weighted by molar-refractivity contribution is 0.102. The molecule has 0 unspecified atom stereocenters. The van der Waals surface area contributed by atoms with E-state index in [9.17, 15) is 13.6 Å². The molecular weight excluding hydrogens is 268 g/mol. The maximum Gasteiger partial charge on any atom is 0.255 e. The lowest BCUT2D eigenvalue weighted by atomic mass is 10.2. The Hall–Kier alpha value is -2.63. The van der Waals surface area contributed by atoms with Crippen LogP contribution in [0.15, 0.2) is 36.4 Å². The SMILES string of the molecule is O=C(Nc1cccc(F)c1F)c1ccc2c(c1)OCO2. The lowest BCUT2D eigenvalue weighted by Gasteiger charge is -2.07. The first kappa shape index (κ1) is 12.4. The Morgan fingerprint density at radius 2 is 1.90 bits per heavy atom. The van der Waals surface area contributed by atoms with Gasteiger partial charge in [0.25, 0.3) is 5.91 Å². The summed E-state index contributed by atoms with van der Waals surface area (Å²) in [7, 11) is 0. The molecule has 1 aliphatic rings. The highest BCUT2D eigenvalue weighted by atomic mass is 19.2. The number of fused-ring (bicyclic) bond motifs is 1. The Morgan fingerprint density at radius 1 is 1.10 bits per heavy atom. The van der Waals surface area contributed by atoms with Crippen molar-refractivity contribution < 1.29 is 23.0 Å². The molecular formula is C14H9F2NO3. The van der Waals surface area contributed by atoms with Crippen LogP contribution in [0.5, 0.6) is 11.5 Å². The van der Waals surface area contributed by atoms with Crippen molar-refractivity contribution in [1.82, 2.24) is 0 Å². The second-order valence-corrected chi connectivity index (χ2v) is 4.12. The summed E-state index contributed by atoms with van der Waals surface area (Å²) in [5, 5.41) is 2.31. The zero-order chi connectivity index (χ0) is 14.1. The molecule has 0 aliphatic carbocycles. The van der Waals surface area contributed by atoms with E-state index in [1.165, 1.54) is 24.3 Å². The first-order valence-corrected chi connectivity index (χ1v) is 5.80. The maximum atomic E-state index is 13.5. The van der Waals surface area contributed by atoms with E-state index in [4.69, 9.17) is 9.47 Å². The van der Waals surface area contributed by atoms with Crippen LogP contribution < -0.4 is 14.8 Å². The molecule has 1 aliphatic heterocycles. The fourth-order valence-electron chi connectivity index (χ4n) is 1.83. The quantitative estimate of drug-likeness (QED) is 0.918. The van der Waals surface area contributed by atoms with Gasteiger partial charge in [-0.15, -0.1) is 0 Å². The van der Waals surface area contributed by atoms with Crippen molar-refractivity contribution >= 4 is 11.6 Å². The van der Waals surface area contributed by atoms with Crippen LogP contribution in [0.4, 0.5) is 14.5 Å². The molecule has 0 radical (unpaired) electrons. The molecule has 0 saturated carbocycles. The highest BCUT2D eigenvalue weighted by molar-refractivity contribution is 6.04. The third-order valence-corrected chi connectivity index (χ3v) is 2.83. The largest absolute Gasteiger partial charge is 0.454 e. The normalized spacial score (nSPS) is 12.3. The van der Waals surface area contributed by atoms with Gasteiger partial charge in [0.1, 0.15) is 0 Å². The van der Waals surface area contributed by atoms with Crippen LogP contribution in [0.25, 0.3) is 0 Å². The van der Waals surface area contributed by atoms with Crippen molar-refractivity contribution in [3.05, 3.63) is 53.6 Å². The standard InChI is InChI=1S/C14H9F2NO3/c15-9-2-1-3-10(13(9)16)17-14(18)8-4-5-11-12(6-8)20-7-19-11/h1-6H,7H2,(H,17,18). The predicted octanol–water partition coefficient (Wildman–Crippen LogP) is 2.95. The topological polar surface area (TPSA) is 47.6 Å². The van der Waals surface area contributed by atoms with E-state index < -0.39 is 17.5 Å². The Morgan fingerprint density at radius 3 is 2.75 bits per heavy atom. The number of hydrogen-bond donors (Lipinski definition) is 1. The molecule has 4 nitrogen and oxygen atoms in total. The molecule has 1 heterocycles. The number of benzene rings is 2. The minimum atomic E-state index is -1.10. The van der Waals surface area contributed by atoms with Crippen molar-refractivity contribution in [3.63, 3.8) is 0 Å². The molecule has 20 heavy (non-hydrogen) atoms. The van der Waals surface area contributed by atoms with Gasteiger partial charge < -0.3 is 14.8 Å². The second-order valence-electron chi connectivity index (χ2n) is 4.12. The molecule has 2 aromatic rings. The zero-order valence-corrected chi connectivity index (χ0v) is 10.2. The van der Waals surface area contributed by atoms with Crippen LogP contribution in [0.3, 0.4) is 0 Å². The van der Waals surface area contributed by atoms with E-state index in [1.54, 1.807) is 6.07 Å². The summed E-state index contributed by atoms with van der Waals surface area (Å²) < 4.78 is 36.8. The summed E-state index contributed by atoms with van der Waals surface area (Å²) in [6.07, 6.45) is 0. The van der Waals surface area contributed by atoms with Gasteiger partial charge in [-0.05, 0) is 30.3 Å². The number of amides is 1. The van der Waals surface area contributed by atoms with E-state index >= 15 is 0 Å². The third-order valence-electron chi connectivity index (χ3n) is 2.83. The van der Waals surface area contributed by atoms with Crippen LogP contribution in [0.2, 0.25) is 0 Å². The molecule has 3 rings (SSSR count). The fourth-order valence-corrected chi connectivity index (χ4v) is 1.83. The van der Waals surface area contributed by atoms with Gasteiger partial charge in [-0.2, -0.15) is 0 Å². The molecule has 0 atom stereocenters. The van der Waals surface area contributed by atoms with Crippen molar-refractivity contribution in [1.29, 1.82) is 0 Å². The molecule has 0 fully saturated rings. The number of carbonyl (C=O) groups excluding carboxylic acids is 1. The number of hydrogen-bond acceptors (Lipinski definition) is 3. The molecule has 2 aromatic carbocycles. The zero-order valence-electron chi connectivity index (χ0n) is 10.2. The molecule has 0 spiro atoms. The van der Waals surface area contributed by atoms with Crippen molar-refractivity contribution in [2.75, 3.05) is 12.1 Å². The third kappa shape index (κ3) is 2.16. The van der Waals surface area contributed by atoms with Crippen LogP contribution in [0.1, 0.15) is 10.4 Å². The van der Waals surface area contributed by atoms with Crippen LogP contribution in [-0.4, -0.2) is 12.7 Å². The van der Waals surface area contributed by atoms with Crippen LogP contribution in [0, 0.1) is 11.6 Å². The smallest absolute Gasteiger partial charge is 0.255 e.